The fourth-order valence-electron chi connectivity index (χ4n) is 1.93. The third-order valence-corrected chi connectivity index (χ3v) is 2.70. The molecule has 0 saturated heterocycles. The Morgan fingerprint density at radius 1 is 1.47 bits per heavy atom. The molecule has 2 unspecified atom stereocenters. The van der Waals surface area contributed by atoms with Gasteiger partial charge in [0.2, 0.25) is 0 Å². The SMILES string of the molecule is C=CCC1CCCCC1OOC(=O)CO. The lowest BCUT2D eigenvalue weighted by Gasteiger charge is -2.28. The van der Waals surface area contributed by atoms with E-state index < -0.39 is 12.6 Å². The summed E-state index contributed by atoms with van der Waals surface area (Å²) in [6.45, 7) is 3.06. The lowest BCUT2D eigenvalue weighted by molar-refractivity contribution is -0.311. The van der Waals surface area contributed by atoms with Crippen LogP contribution in [0.1, 0.15) is 32.1 Å². The molecule has 86 valence electrons. The number of hydrogen-bond donors (Lipinski definition) is 1. The Balaban J connectivity index is 2.35. The summed E-state index contributed by atoms with van der Waals surface area (Å²) in [5.74, 6) is -0.360. The van der Waals surface area contributed by atoms with Gasteiger partial charge in [0.25, 0.3) is 0 Å². The van der Waals surface area contributed by atoms with Gasteiger partial charge < -0.3 is 5.11 Å². The van der Waals surface area contributed by atoms with Crippen LogP contribution in [0.4, 0.5) is 0 Å². The summed E-state index contributed by atoms with van der Waals surface area (Å²) in [7, 11) is 0. The zero-order valence-corrected chi connectivity index (χ0v) is 8.85. The van der Waals surface area contributed by atoms with E-state index in [9.17, 15) is 4.79 Å². The summed E-state index contributed by atoms with van der Waals surface area (Å²) < 4.78 is 0. The molecule has 0 bridgehead atoms. The molecule has 4 heteroatoms. The van der Waals surface area contributed by atoms with Gasteiger partial charge in [-0.1, -0.05) is 18.9 Å². The summed E-state index contributed by atoms with van der Waals surface area (Å²) in [5, 5.41) is 8.46. The van der Waals surface area contributed by atoms with Gasteiger partial charge in [0.1, 0.15) is 12.7 Å². The van der Waals surface area contributed by atoms with Crippen molar-refractivity contribution in [3.63, 3.8) is 0 Å². The van der Waals surface area contributed by atoms with Crippen molar-refractivity contribution in [2.24, 2.45) is 5.92 Å². The van der Waals surface area contributed by atoms with Crippen LogP contribution in [-0.4, -0.2) is 23.8 Å². The molecule has 1 fully saturated rings. The predicted octanol–water partition coefficient (Wildman–Crippen LogP) is 1.59. The maximum absolute atomic E-state index is 10.7. The highest BCUT2D eigenvalue weighted by molar-refractivity contribution is 5.69. The first-order chi connectivity index (χ1) is 7.27. The normalized spacial score (nSPS) is 25.9. The molecule has 1 saturated carbocycles. The number of aliphatic hydroxyl groups is 1. The number of allylic oxidation sites excluding steroid dienone is 1. The molecular weight excluding hydrogens is 196 g/mol. The monoisotopic (exact) mass is 214 g/mol. The number of hydrogen-bond acceptors (Lipinski definition) is 4. The molecule has 0 amide bonds. The van der Waals surface area contributed by atoms with Crippen molar-refractivity contribution < 1.29 is 19.7 Å². The standard InChI is InChI=1S/C11H18O4/c1-2-5-9-6-3-4-7-10(9)14-15-11(13)8-12/h2,9-10,12H,1,3-8H2. The molecule has 4 nitrogen and oxygen atoms in total. The molecule has 0 heterocycles. The Kier molecular flexibility index (Phi) is 5.36. The Hall–Kier alpha value is -0.870. The number of rotatable bonds is 5. The summed E-state index contributed by atoms with van der Waals surface area (Å²) >= 11 is 0. The first kappa shape index (κ1) is 12.2. The van der Waals surface area contributed by atoms with Gasteiger partial charge in [-0.25, -0.2) is 4.79 Å². The minimum Gasteiger partial charge on any atom is -0.385 e. The van der Waals surface area contributed by atoms with Crippen LogP contribution in [0.2, 0.25) is 0 Å². The van der Waals surface area contributed by atoms with Crippen molar-refractivity contribution in [1.82, 2.24) is 0 Å². The van der Waals surface area contributed by atoms with Crippen LogP contribution < -0.4 is 0 Å². The van der Waals surface area contributed by atoms with Gasteiger partial charge in [-0.15, -0.1) is 6.58 Å². The van der Waals surface area contributed by atoms with Crippen LogP contribution in [0, 0.1) is 5.92 Å². The maximum Gasteiger partial charge on any atom is 0.367 e. The van der Waals surface area contributed by atoms with Gasteiger partial charge in [-0.05, 0) is 25.2 Å². The van der Waals surface area contributed by atoms with Gasteiger partial charge in [-0.3, -0.25) is 4.89 Å². The van der Waals surface area contributed by atoms with Crippen LogP contribution in [-0.2, 0) is 14.6 Å². The zero-order valence-electron chi connectivity index (χ0n) is 8.85. The second-order valence-electron chi connectivity index (χ2n) is 3.82. The fourth-order valence-corrected chi connectivity index (χ4v) is 1.93. The Bertz CT molecular complexity index is 215. The highest BCUT2D eigenvalue weighted by Crippen LogP contribution is 2.29. The minimum absolute atomic E-state index is 0.0488. The van der Waals surface area contributed by atoms with Gasteiger partial charge in [0.05, 0.1) is 0 Å². The molecule has 0 radical (unpaired) electrons. The number of aliphatic hydroxyl groups excluding tert-OH is 1. The fraction of sp³-hybridized carbons (Fsp3) is 0.727. The van der Waals surface area contributed by atoms with Crippen LogP contribution in [0.25, 0.3) is 0 Å². The smallest absolute Gasteiger partial charge is 0.367 e. The van der Waals surface area contributed by atoms with E-state index in [0.717, 1.165) is 25.7 Å². The van der Waals surface area contributed by atoms with Crippen molar-refractivity contribution in [2.45, 2.75) is 38.2 Å². The Morgan fingerprint density at radius 2 is 2.20 bits per heavy atom. The third kappa shape index (κ3) is 4.01. The molecule has 1 aliphatic carbocycles. The molecule has 15 heavy (non-hydrogen) atoms. The molecule has 1 rings (SSSR count). The van der Waals surface area contributed by atoms with E-state index in [1.54, 1.807) is 0 Å². The van der Waals surface area contributed by atoms with Crippen molar-refractivity contribution in [3.05, 3.63) is 12.7 Å². The van der Waals surface area contributed by atoms with Crippen molar-refractivity contribution in [3.8, 4) is 0 Å². The molecule has 0 spiro atoms. The average molecular weight is 214 g/mol. The summed E-state index contributed by atoms with van der Waals surface area (Å²) in [6.07, 6.45) is 6.94. The zero-order chi connectivity index (χ0) is 11.1. The summed E-state index contributed by atoms with van der Waals surface area (Å²) in [6, 6.07) is 0. The molecule has 1 aliphatic rings. The topological polar surface area (TPSA) is 55.8 Å². The Morgan fingerprint density at radius 3 is 2.87 bits per heavy atom. The van der Waals surface area contributed by atoms with E-state index in [1.807, 2.05) is 6.08 Å². The summed E-state index contributed by atoms with van der Waals surface area (Å²) in [4.78, 5) is 20.2. The van der Waals surface area contributed by atoms with Gasteiger partial charge in [-0.2, -0.15) is 4.89 Å². The van der Waals surface area contributed by atoms with Crippen LogP contribution in [0.3, 0.4) is 0 Å². The van der Waals surface area contributed by atoms with Gasteiger partial charge >= 0.3 is 5.97 Å². The largest absolute Gasteiger partial charge is 0.385 e. The Labute approximate surface area is 89.8 Å². The van der Waals surface area contributed by atoms with Crippen molar-refractivity contribution in [2.75, 3.05) is 6.61 Å². The maximum atomic E-state index is 10.7. The molecule has 0 aromatic rings. The first-order valence-corrected chi connectivity index (χ1v) is 5.35. The van der Waals surface area contributed by atoms with E-state index >= 15 is 0 Å². The molecule has 0 aromatic heterocycles. The highest BCUT2D eigenvalue weighted by Gasteiger charge is 2.26. The lowest BCUT2D eigenvalue weighted by Crippen LogP contribution is -2.29. The van der Waals surface area contributed by atoms with E-state index in [4.69, 9.17) is 9.99 Å². The average Bonchev–Trinajstić information content (AvgIpc) is 2.28. The molecule has 0 aliphatic heterocycles. The van der Waals surface area contributed by atoms with Gasteiger partial charge in [0, 0.05) is 0 Å². The summed E-state index contributed by atoms with van der Waals surface area (Å²) in [5.41, 5.74) is 0. The van der Waals surface area contributed by atoms with Crippen LogP contribution in [0.15, 0.2) is 12.7 Å². The van der Waals surface area contributed by atoms with Crippen LogP contribution >= 0.6 is 0 Å². The molecule has 2 atom stereocenters. The predicted molar refractivity (Wildman–Crippen MR) is 54.8 cm³/mol. The molecule has 0 aromatic carbocycles. The van der Waals surface area contributed by atoms with Crippen LogP contribution in [0.5, 0.6) is 0 Å². The van der Waals surface area contributed by atoms with E-state index in [2.05, 4.69) is 11.5 Å². The molecule has 1 N–H and O–H groups in total. The first-order valence-electron chi connectivity index (χ1n) is 5.35. The van der Waals surface area contributed by atoms with E-state index in [0.29, 0.717) is 5.92 Å². The second kappa shape index (κ2) is 6.58. The number of carbonyl (C=O) groups excluding carboxylic acids is 1. The second-order valence-corrected chi connectivity index (χ2v) is 3.82. The quantitative estimate of drug-likeness (QED) is 0.429. The number of carbonyl (C=O) groups is 1. The van der Waals surface area contributed by atoms with E-state index in [1.165, 1.54) is 6.42 Å². The lowest BCUT2D eigenvalue weighted by atomic mass is 9.84. The van der Waals surface area contributed by atoms with Crippen molar-refractivity contribution in [1.29, 1.82) is 0 Å². The highest BCUT2D eigenvalue weighted by atomic mass is 17.2. The van der Waals surface area contributed by atoms with E-state index in [-0.39, 0.29) is 6.10 Å². The third-order valence-electron chi connectivity index (χ3n) is 2.70. The van der Waals surface area contributed by atoms with Crippen molar-refractivity contribution >= 4 is 5.97 Å². The minimum atomic E-state index is -0.738. The van der Waals surface area contributed by atoms with Gasteiger partial charge in [0.15, 0.2) is 0 Å². The molecular formula is C11H18O4.